The Morgan fingerprint density at radius 3 is 2.43 bits per heavy atom. The van der Waals surface area contributed by atoms with Crippen molar-refractivity contribution in [2.75, 3.05) is 33.0 Å². The van der Waals surface area contributed by atoms with E-state index < -0.39 is 11.9 Å². The summed E-state index contributed by atoms with van der Waals surface area (Å²) in [7, 11) is 0. The Kier molecular flexibility index (Phi) is 10.3. The van der Waals surface area contributed by atoms with Gasteiger partial charge in [-0.2, -0.15) is 0 Å². The molecule has 1 N–H and O–H groups in total. The Morgan fingerprint density at radius 1 is 1.11 bits per heavy atom. The molecule has 1 aromatic carbocycles. The first-order valence-corrected chi connectivity index (χ1v) is 13.5. The van der Waals surface area contributed by atoms with Crippen LogP contribution in [0, 0.1) is 11.8 Å². The molecule has 35 heavy (non-hydrogen) atoms. The highest BCUT2D eigenvalue weighted by molar-refractivity contribution is 5.79. The second-order valence-electron chi connectivity index (χ2n) is 10.3. The highest BCUT2D eigenvalue weighted by atomic mass is 16.7. The molecule has 7 nitrogen and oxygen atoms in total. The van der Waals surface area contributed by atoms with Crippen LogP contribution in [0.25, 0.3) is 0 Å². The molecule has 0 aliphatic carbocycles. The first-order chi connectivity index (χ1) is 16.9. The SMILES string of the molecule is CCCCN(CCCC)C(=O)CN1C[C@H](c2ccc3c(c2)OCO3)[C@H](C(=O)O)[C@H]1CCC(C)CC. The van der Waals surface area contributed by atoms with Crippen LogP contribution in [0.4, 0.5) is 0 Å². The molecule has 1 aromatic rings. The number of carboxylic acid groups (broad SMARTS) is 1. The summed E-state index contributed by atoms with van der Waals surface area (Å²) in [6.45, 7) is 11.2. The summed E-state index contributed by atoms with van der Waals surface area (Å²) in [5.74, 6) is 0.464. The highest BCUT2D eigenvalue weighted by Crippen LogP contribution is 2.43. The summed E-state index contributed by atoms with van der Waals surface area (Å²) < 4.78 is 11.0. The van der Waals surface area contributed by atoms with Gasteiger partial charge in [0, 0.05) is 31.6 Å². The van der Waals surface area contributed by atoms with Crippen LogP contribution in [0.5, 0.6) is 11.5 Å². The summed E-state index contributed by atoms with van der Waals surface area (Å²) in [6, 6.07) is 5.59. The van der Waals surface area contributed by atoms with Crippen LogP contribution in [0.15, 0.2) is 18.2 Å². The van der Waals surface area contributed by atoms with E-state index in [1.807, 2.05) is 23.1 Å². The van der Waals surface area contributed by atoms with Crippen LogP contribution in [-0.4, -0.2) is 65.8 Å². The van der Waals surface area contributed by atoms with E-state index in [-0.39, 0.29) is 31.2 Å². The van der Waals surface area contributed by atoms with Gasteiger partial charge in [0.05, 0.1) is 12.5 Å². The van der Waals surface area contributed by atoms with Crippen molar-refractivity contribution < 1.29 is 24.2 Å². The molecule has 0 bridgehead atoms. The number of ether oxygens (including phenoxy) is 2. The maximum atomic E-state index is 13.4. The number of benzene rings is 1. The van der Waals surface area contributed by atoms with Crippen molar-refractivity contribution >= 4 is 11.9 Å². The highest BCUT2D eigenvalue weighted by Gasteiger charge is 2.47. The molecule has 196 valence electrons. The summed E-state index contributed by atoms with van der Waals surface area (Å²) >= 11 is 0. The molecule has 1 fully saturated rings. The number of amides is 1. The molecule has 1 amide bonds. The van der Waals surface area contributed by atoms with E-state index in [4.69, 9.17) is 9.47 Å². The fourth-order valence-electron chi connectivity index (χ4n) is 5.33. The molecule has 4 atom stereocenters. The number of hydrogen-bond donors (Lipinski definition) is 1. The van der Waals surface area contributed by atoms with Crippen molar-refractivity contribution in [1.82, 2.24) is 9.80 Å². The fourth-order valence-corrected chi connectivity index (χ4v) is 5.33. The maximum Gasteiger partial charge on any atom is 0.308 e. The van der Waals surface area contributed by atoms with Gasteiger partial charge in [0.25, 0.3) is 0 Å². The van der Waals surface area contributed by atoms with E-state index >= 15 is 0 Å². The van der Waals surface area contributed by atoms with Crippen molar-refractivity contribution in [1.29, 1.82) is 0 Å². The second kappa shape index (κ2) is 13.1. The number of carbonyl (C=O) groups excluding carboxylic acids is 1. The van der Waals surface area contributed by atoms with Gasteiger partial charge in [-0.15, -0.1) is 0 Å². The average molecular weight is 489 g/mol. The molecule has 2 aliphatic rings. The minimum absolute atomic E-state index is 0.121. The van der Waals surface area contributed by atoms with Crippen LogP contribution >= 0.6 is 0 Å². The van der Waals surface area contributed by atoms with Crippen molar-refractivity contribution in [3.8, 4) is 11.5 Å². The second-order valence-corrected chi connectivity index (χ2v) is 10.3. The number of carboxylic acids is 1. The monoisotopic (exact) mass is 488 g/mol. The van der Waals surface area contributed by atoms with Crippen molar-refractivity contribution in [2.24, 2.45) is 11.8 Å². The quantitative estimate of drug-likeness (QED) is 0.391. The Hall–Kier alpha value is -2.28. The predicted octanol–water partition coefficient (Wildman–Crippen LogP) is 5.14. The molecule has 1 unspecified atom stereocenters. The smallest absolute Gasteiger partial charge is 0.308 e. The Labute approximate surface area is 210 Å². The fraction of sp³-hybridized carbons (Fsp3) is 0.714. The van der Waals surface area contributed by atoms with E-state index in [9.17, 15) is 14.7 Å². The molecule has 0 spiro atoms. The van der Waals surface area contributed by atoms with Crippen molar-refractivity contribution in [3.63, 3.8) is 0 Å². The van der Waals surface area contributed by atoms with E-state index in [1.165, 1.54) is 0 Å². The molecule has 2 aliphatic heterocycles. The van der Waals surface area contributed by atoms with E-state index in [1.54, 1.807) is 0 Å². The predicted molar refractivity (Wildman–Crippen MR) is 137 cm³/mol. The van der Waals surface area contributed by atoms with E-state index in [0.29, 0.717) is 24.0 Å². The van der Waals surface area contributed by atoms with Gasteiger partial charge in [0.2, 0.25) is 12.7 Å². The van der Waals surface area contributed by atoms with E-state index in [0.717, 1.165) is 63.6 Å². The maximum absolute atomic E-state index is 13.4. The summed E-state index contributed by atoms with van der Waals surface area (Å²) in [4.78, 5) is 30.2. The third-order valence-electron chi connectivity index (χ3n) is 7.76. The van der Waals surface area contributed by atoms with Crippen molar-refractivity contribution in [3.05, 3.63) is 23.8 Å². The first kappa shape index (κ1) is 27.3. The lowest BCUT2D eigenvalue weighted by Crippen LogP contribution is -2.44. The largest absolute Gasteiger partial charge is 0.481 e. The van der Waals surface area contributed by atoms with E-state index in [2.05, 4.69) is 32.6 Å². The summed E-state index contributed by atoms with van der Waals surface area (Å²) in [6.07, 6.45) is 6.88. The van der Waals surface area contributed by atoms with Gasteiger partial charge in [-0.1, -0.05) is 53.0 Å². The first-order valence-electron chi connectivity index (χ1n) is 13.5. The standard InChI is InChI=1S/C28H44N2O5/c1-5-8-14-29(15-9-6-2)26(31)18-30-17-22(21-11-13-24-25(16-21)35-19-34-24)27(28(32)33)23(30)12-10-20(4)7-3/h11,13,16,20,22-23,27H,5-10,12,14-15,17-19H2,1-4H3,(H,32,33)/t20?,22-,23-,27+/m1/s1. The average Bonchev–Trinajstić information content (AvgIpc) is 3.46. The van der Waals surface area contributed by atoms with Crippen LogP contribution < -0.4 is 9.47 Å². The molecule has 0 saturated carbocycles. The van der Waals surface area contributed by atoms with Gasteiger partial charge >= 0.3 is 5.97 Å². The van der Waals surface area contributed by atoms with Gasteiger partial charge in [0.15, 0.2) is 11.5 Å². The van der Waals surface area contributed by atoms with Gasteiger partial charge < -0.3 is 19.5 Å². The number of fused-ring (bicyclic) bond motifs is 1. The number of hydrogen-bond acceptors (Lipinski definition) is 5. The number of aliphatic carboxylic acids is 1. The number of likely N-dealkylation sites (tertiary alicyclic amines) is 1. The number of rotatable bonds is 14. The lowest BCUT2D eigenvalue weighted by atomic mass is 9.83. The van der Waals surface area contributed by atoms with Gasteiger partial charge in [-0.3, -0.25) is 14.5 Å². The summed E-state index contributed by atoms with van der Waals surface area (Å²) in [5, 5.41) is 10.3. The van der Waals surface area contributed by atoms with Gasteiger partial charge in [0.1, 0.15) is 0 Å². The zero-order valence-corrected chi connectivity index (χ0v) is 22.0. The molecule has 7 heteroatoms. The van der Waals surface area contributed by atoms with Crippen LogP contribution in [0.3, 0.4) is 0 Å². The molecule has 0 aromatic heterocycles. The Morgan fingerprint density at radius 2 is 1.80 bits per heavy atom. The normalized spacial score (nSPS) is 22.3. The Bertz CT molecular complexity index is 837. The minimum atomic E-state index is -0.786. The van der Waals surface area contributed by atoms with Gasteiger partial charge in [-0.25, -0.2) is 0 Å². The van der Waals surface area contributed by atoms with Crippen LogP contribution in [0.2, 0.25) is 0 Å². The molecule has 1 saturated heterocycles. The number of unbranched alkanes of at least 4 members (excludes halogenated alkanes) is 2. The minimum Gasteiger partial charge on any atom is -0.481 e. The third-order valence-corrected chi connectivity index (χ3v) is 7.76. The Balaban J connectivity index is 1.85. The molecule has 3 rings (SSSR count). The van der Waals surface area contributed by atoms with Crippen LogP contribution in [0.1, 0.15) is 84.1 Å². The third kappa shape index (κ3) is 6.90. The topological polar surface area (TPSA) is 79.3 Å². The molecule has 0 radical (unpaired) electrons. The number of carbonyl (C=O) groups is 2. The lowest BCUT2D eigenvalue weighted by Gasteiger charge is -2.30. The van der Waals surface area contributed by atoms with Crippen LogP contribution in [-0.2, 0) is 9.59 Å². The number of nitrogens with zero attached hydrogens (tertiary/aromatic N) is 2. The molecule has 2 heterocycles. The molecular weight excluding hydrogens is 444 g/mol. The zero-order valence-electron chi connectivity index (χ0n) is 22.0. The van der Waals surface area contributed by atoms with Crippen molar-refractivity contribution in [2.45, 2.75) is 84.6 Å². The zero-order chi connectivity index (χ0) is 25.4. The molecular formula is C28H44N2O5. The van der Waals surface area contributed by atoms with Gasteiger partial charge in [-0.05, 0) is 49.3 Å². The summed E-state index contributed by atoms with van der Waals surface area (Å²) in [5.41, 5.74) is 0.943. The lowest BCUT2D eigenvalue weighted by molar-refractivity contribution is -0.144.